The Balaban J connectivity index is 1.73. The van der Waals surface area contributed by atoms with E-state index in [9.17, 15) is 9.59 Å². The van der Waals surface area contributed by atoms with Crippen molar-refractivity contribution in [3.05, 3.63) is 66.5 Å². The number of rotatable bonds is 7. The summed E-state index contributed by atoms with van der Waals surface area (Å²) in [6.45, 7) is 0.543. The molecule has 0 saturated carbocycles. The van der Waals surface area contributed by atoms with Gasteiger partial charge in [-0.15, -0.1) is 0 Å². The second-order valence-corrected chi connectivity index (χ2v) is 6.50. The highest BCUT2D eigenvalue weighted by atomic mass is 16.5. The van der Waals surface area contributed by atoms with Crippen LogP contribution in [0.15, 0.2) is 59.6 Å². The lowest BCUT2D eigenvalue weighted by atomic mass is 10.1. The molecule has 0 atom stereocenters. The molecular weight excluding hydrogens is 386 g/mol. The maximum Gasteiger partial charge on any atom is 0.307 e. The van der Waals surface area contributed by atoms with Gasteiger partial charge in [-0.25, -0.2) is 9.67 Å². The summed E-state index contributed by atoms with van der Waals surface area (Å²) in [6.07, 6.45) is 6.64. The summed E-state index contributed by atoms with van der Waals surface area (Å²) in [5.74, 6) is 0.00384. The number of nitrogens with zero attached hydrogens (tertiary/aromatic N) is 4. The van der Waals surface area contributed by atoms with E-state index in [1.807, 2.05) is 12.1 Å². The quantitative estimate of drug-likeness (QED) is 0.470. The molecule has 1 N–H and O–H groups in total. The van der Waals surface area contributed by atoms with Gasteiger partial charge in [0, 0.05) is 24.5 Å². The number of carbonyl (C=O) groups is 2. The van der Waals surface area contributed by atoms with Crippen LogP contribution in [0.3, 0.4) is 0 Å². The molecule has 0 fully saturated rings. The molecule has 0 aromatic carbocycles. The van der Waals surface area contributed by atoms with E-state index in [2.05, 4.69) is 20.1 Å². The van der Waals surface area contributed by atoms with Crippen LogP contribution in [0.2, 0.25) is 0 Å². The van der Waals surface area contributed by atoms with E-state index in [0.717, 1.165) is 11.3 Å². The normalized spacial score (nSPS) is 10.8. The van der Waals surface area contributed by atoms with Gasteiger partial charge in [0.1, 0.15) is 12.3 Å². The van der Waals surface area contributed by atoms with Gasteiger partial charge in [-0.3, -0.25) is 14.6 Å². The number of pyridine rings is 2. The van der Waals surface area contributed by atoms with Crippen LogP contribution in [0, 0.1) is 0 Å². The standard InChI is InChI=1S/C21H19N5O4/c1-29-19(27)6-8-23-21(28)16-10-18(14-4-2-7-22-11-14)25-20-17(16)12-24-26(20)13-15-5-3-9-30-15/h2-5,7,9-12H,6,8,13H2,1H3,(H,23,28). The number of methoxy groups -OCH3 is 1. The van der Waals surface area contributed by atoms with Crippen LogP contribution in [0.4, 0.5) is 0 Å². The highest BCUT2D eigenvalue weighted by molar-refractivity contribution is 6.06. The summed E-state index contributed by atoms with van der Waals surface area (Å²) in [5, 5.41) is 7.75. The van der Waals surface area contributed by atoms with E-state index in [1.165, 1.54) is 7.11 Å². The van der Waals surface area contributed by atoms with Gasteiger partial charge in [-0.2, -0.15) is 5.10 Å². The zero-order valence-electron chi connectivity index (χ0n) is 16.2. The monoisotopic (exact) mass is 405 g/mol. The molecule has 0 spiro atoms. The first-order valence-electron chi connectivity index (χ1n) is 9.30. The Hall–Kier alpha value is -4.01. The summed E-state index contributed by atoms with van der Waals surface area (Å²) in [6, 6.07) is 9.02. The van der Waals surface area contributed by atoms with Gasteiger partial charge < -0.3 is 14.5 Å². The van der Waals surface area contributed by atoms with Gasteiger partial charge >= 0.3 is 5.97 Å². The van der Waals surface area contributed by atoms with Gasteiger partial charge in [0.05, 0.1) is 42.6 Å². The van der Waals surface area contributed by atoms with Gasteiger partial charge in [-0.05, 0) is 30.3 Å². The molecule has 9 heteroatoms. The number of aromatic nitrogens is 4. The molecule has 0 unspecified atom stereocenters. The number of fused-ring (bicyclic) bond motifs is 1. The number of furan rings is 1. The molecule has 0 bridgehead atoms. The molecule has 1 amide bonds. The summed E-state index contributed by atoms with van der Waals surface area (Å²) in [4.78, 5) is 33.1. The fraction of sp³-hybridized carbons (Fsp3) is 0.190. The smallest absolute Gasteiger partial charge is 0.307 e. The van der Waals surface area contributed by atoms with Crippen molar-refractivity contribution < 1.29 is 18.7 Å². The van der Waals surface area contributed by atoms with Crippen LogP contribution in [-0.4, -0.2) is 45.3 Å². The predicted molar refractivity (Wildman–Crippen MR) is 108 cm³/mol. The van der Waals surface area contributed by atoms with Crippen LogP contribution in [0.5, 0.6) is 0 Å². The van der Waals surface area contributed by atoms with Crippen molar-refractivity contribution in [1.29, 1.82) is 0 Å². The fourth-order valence-electron chi connectivity index (χ4n) is 3.04. The minimum atomic E-state index is -0.391. The Morgan fingerprint density at radius 2 is 2.13 bits per heavy atom. The molecule has 0 aliphatic rings. The highest BCUT2D eigenvalue weighted by Gasteiger charge is 2.18. The van der Waals surface area contributed by atoms with Crippen LogP contribution in [0.1, 0.15) is 22.5 Å². The molecule has 4 heterocycles. The van der Waals surface area contributed by atoms with E-state index >= 15 is 0 Å². The number of hydrogen-bond acceptors (Lipinski definition) is 7. The largest absolute Gasteiger partial charge is 0.469 e. The van der Waals surface area contributed by atoms with Crippen LogP contribution >= 0.6 is 0 Å². The van der Waals surface area contributed by atoms with Crippen molar-refractivity contribution in [1.82, 2.24) is 25.1 Å². The topological polar surface area (TPSA) is 112 Å². The Kier molecular flexibility index (Phi) is 5.51. The predicted octanol–water partition coefficient (Wildman–Crippen LogP) is 2.43. The van der Waals surface area contributed by atoms with E-state index in [-0.39, 0.29) is 18.9 Å². The summed E-state index contributed by atoms with van der Waals surface area (Å²) in [7, 11) is 1.31. The highest BCUT2D eigenvalue weighted by Crippen LogP contribution is 2.25. The number of hydrogen-bond donors (Lipinski definition) is 1. The van der Waals surface area contributed by atoms with Crippen molar-refractivity contribution in [2.75, 3.05) is 13.7 Å². The number of esters is 1. The van der Waals surface area contributed by atoms with E-state index in [1.54, 1.807) is 47.7 Å². The minimum absolute atomic E-state index is 0.0870. The van der Waals surface area contributed by atoms with Crippen molar-refractivity contribution in [2.24, 2.45) is 0 Å². The lowest BCUT2D eigenvalue weighted by Crippen LogP contribution is -2.26. The molecule has 0 radical (unpaired) electrons. The molecule has 152 valence electrons. The third-order valence-corrected chi connectivity index (χ3v) is 4.54. The van der Waals surface area contributed by atoms with Crippen LogP contribution < -0.4 is 5.32 Å². The second kappa shape index (κ2) is 8.56. The van der Waals surface area contributed by atoms with Gasteiger partial charge in [0.15, 0.2) is 5.65 Å². The Labute approximate surface area is 171 Å². The molecule has 4 aromatic rings. The summed E-state index contributed by atoms with van der Waals surface area (Å²) in [5.41, 5.74) is 2.32. The first-order valence-corrected chi connectivity index (χ1v) is 9.30. The molecule has 4 aromatic heterocycles. The molecule has 0 saturated heterocycles. The van der Waals surface area contributed by atoms with E-state index in [0.29, 0.717) is 28.8 Å². The Morgan fingerprint density at radius 1 is 1.23 bits per heavy atom. The summed E-state index contributed by atoms with van der Waals surface area (Å²) < 4.78 is 11.7. The second-order valence-electron chi connectivity index (χ2n) is 6.50. The molecular formula is C21H19N5O4. The Morgan fingerprint density at radius 3 is 2.87 bits per heavy atom. The first kappa shape index (κ1) is 19.3. The number of carbonyl (C=O) groups excluding carboxylic acids is 2. The summed E-state index contributed by atoms with van der Waals surface area (Å²) >= 11 is 0. The van der Waals surface area contributed by atoms with Crippen LogP contribution in [0.25, 0.3) is 22.3 Å². The average molecular weight is 405 g/mol. The molecule has 30 heavy (non-hydrogen) atoms. The SMILES string of the molecule is COC(=O)CCNC(=O)c1cc(-c2cccnc2)nc2c1cnn2Cc1ccco1. The van der Waals surface area contributed by atoms with Crippen molar-refractivity contribution in [2.45, 2.75) is 13.0 Å². The maximum absolute atomic E-state index is 12.9. The van der Waals surface area contributed by atoms with Gasteiger partial charge in [-0.1, -0.05) is 0 Å². The number of ether oxygens (including phenoxy) is 1. The molecule has 4 rings (SSSR count). The lowest BCUT2D eigenvalue weighted by Gasteiger charge is -2.09. The average Bonchev–Trinajstić information content (AvgIpc) is 3.44. The molecule has 0 aliphatic heterocycles. The Bertz CT molecular complexity index is 1170. The maximum atomic E-state index is 12.9. The number of amides is 1. The van der Waals surface area contributed by atoms with Gasteiger partial charge in [0.25, 0.3) is 5.91 Å². The fourth-order valence-corrected chi connectivity index (χ4v) is 3.04. The first-order chi connectivity index (χ1) is 14.7. The van der Waals surface area contributed by atoms with Crippen LogP contribution in [-0.2, 0) is 16.1 Å². The zero-order chi connectivity index (χ0) is 20.9. The molecule has 9 nitrogen and oxygen atoms in total. The zero-order valence-corrected chi connectivity index (χ0v) is 16.2. The molecule has 0 aliphatic carbocycles. The third kappa shape index (κ3) is 4.04. The van der Waals surface area contributed by atoms with Gasteiger partial charge in [0.2, 0.25) is 0 Å². The van der Waals surface area contributed by atoms with Crippen molar-refractivity contribution >= 4 is 22.9 Å². The van der Waals surface area contributed by atoms with Crippen molar-refractivity contribution in [3.63, 3.8) is 0 Å². The van der Waals surface area contributed by atoms with Crippen molar-refractivity contribution in [3.8, 4) is 11.3 Å². The third-order valence-electron chi connectivity index (χ3n) is 4.54. The van der Waals surface area contributed by atoms with E-state index in [4.69, 9.17) is 9.40 Å². The number of nitrogens with one attached hydrogen (secondary N) is 1. The van der Waals surface area contributed by atoms with E-state index < -0.39 is 5.97 Å². The lowest BCUT2D eigenvalue weighted by molar-refractivity contribution is -0.140. The minimum Gasteiger partial charge on any atom is -0.469 e.